The van der Waals surface area contributed by atoms with Crippen molar-refractivity contribution in [2.45, 2.75) is 6.54 Å². The molecule has 0 aliphatic rings. The summed E-state index contributed by atoms with van der Waals surface area (Å²) < 4.78 is 0. The summed E-state index contributed by atoms with van der Waals surface area (Å²) in [6.07, 6.45) is 3.18. The fraction of sp³-hybridized carbons (Fsp3) is 0.143. The molecule has 0 fully saturated rings. The number of thiophene rings is 1. The van der Waals surface area contributed by atoms with Crippen LogP contribution in [-0.2, 0) is 6.54 Å². The summed E-state index contributed by atoms with van der Waals surface area (Å²) in [7, 11) is 0. The van der Waals surface area contributed by atoms with Crippen LogP contribution >= 0.6 is 11.3 Å². The van der Waals surface area contributed by atoms with Gasteiger partial charge in [0.15, 0.2) is 0 Å². The van der Waals surface area contributed by atoms with Gasteiger partial charge in [0.1, 0.15) is 0 Å². The van der Waals surface area contributed by atoms with Gasteiger partial charge in [-0.1, -0.05) is 11.8 Å². The highest BCUT2D eigenvalue weighted by Crippen LogP contribution is 2.15. The van der Waals surface area contributed by atoms with Gasteiger partial charge in [-0.3, -0.25) is 9.78 Å². The summed E-state index contributed by atoms with van der Waals surface area (Å²) in [5.74, 6) is 5.66. The zero-order chi connectivity index (χ0) is 13.5. The number of hydrogen-bond acceptors (Lipinski definition) is 4. The van der Waals surface area contributed by atoms with Crippen LogP contribution in [0.1, 0.15) is 20.8 Å². The van der Waals surface area contributed by atoms with Gasteiger partial charge in [0, 0.05) is 22.8 Å². The minimum Gasteiger partial charge on any atom is -0.347 e. The Balaban J connectivity index is 2.00. The smallest absolute Gasteiger partial charge is 0.253 e. The monoisotopic (exact) mass is 271 g/mol. The van der Waals surface area contributed by atoms with Crippen LogP contribution in [0.2, 0.25) is 0 Å². The second-order valence-corrected chi connectivity index (χ2v) is 4.69. The second-order valence-electron chi connectivity index (χ2n) is 3.69. The summed E-state index contributed by atoms with van der Waals surface area (Å²) in [5.41, 5.74) is 6.81. The first kappa shape index (κ1) is 13.3. The Bertz CT molecular complexity index is 610. The highest BCUT2D eigenvalue weighted by molar-refractivity contribution is 7.10. The van der Waals surface area contributed by atoms with E-state index in [4.69, 9.17) is 5.73 Å². The summed E-state index contributed by atoms with van der Waals surface area (Å²) in [6, 6.07) is 5.39. The third-order valence-corrected chi connectivity index (χ3v) is 3.32. The molecule has 5 heteroatoms. The van der Waals surface area contributed by atoms with E-state index in [1.54, 1.807) is 35.9 Å². The van der Waals surface area contributed by atoms with Crippen molar-refractivity contribution in [3.05, 3.63) is 52.0 Å². The molecule has 0 saturated heterocycles. The Hall–Kier alpha value is -2.16. The van der Waals surface area contributed by atoms with E-state index in [9.17, 15) is 4.79 Å². The topological polar surface area (TPSA) is 68.0 Å². The van der Waals surface area contributed by atoms with Gasteiger partial charge in [-0.2, -0.15) is 0 Å². The van der Waals surface area contributed by atoms with Gasteiger partial charge >= 0.3 is 0 Å². The Kier molecular flexibility index (Phi) is 4.67. The first-order chi connectivity index (χ1) is 9.31. The van der Waals surface area contributed by atoms with E-state index in [-0.39, 0.29) is 5.91 Å². The quantitative estimate of drug-likeness (QED) is 0.829. The molecule has 0 atom stereocenters. The molecular weight excluding hydrogens is 258 g/mol. The second kappa shape index (κ2) is 6.69. The summed E-state index contributed by atoms with van der Waals surface area (Å²) in [4.78, 5) is 16.8. The molecule has 1 amide bonds. The van der Waals surface area contributed by atoms with E-state index in [2.05, 4.69) is 22.1 Å². The molecule has 2 aromatic rings. The van der Waals surface area contributed by atoms with E-state index in [0.29, 0.717) is 18.7 Å². The van der Waals surface area contributed by atoms with Gasteiger partial charge < -0.3 is 11.1 Å². The van der Waals surface area contributed by atoms with Crippen LogP contribution in [-0.4, -0.2) is 17.4 Å². The summed E-state index contributed by atoms with van der Waals surface area (Å²) in [6.45, 7) is 0.789. The zero-order valence-corrected chi connectivity index (χ0v) is 11.0. The Morgan fingerprint density at radius 1 is 1.47 bits per heavy atom. The fourth-order valence-corrected chi connectivity index (χ4v) is 2.26. The van der Waals surface area contributed by atoms with Gasteiger partial charge in [0.05, 0.1) is 18.7 Å². The number of carbonyl (C=O) groups excluding carboxylic acids is 1. The number of pyridine rings is 1. The SMILES string of the molecule is NCC#Cc1ccsc1CNC(=O)c1cccnc1. The third-order valence-electron chi connectivity index (χ3n) is 2.40. The van der Waals surface area contributed by atoms with Crippen molar-refractivity contribution in [1.82, 2.24) is 10.3 Å². The number of amides is 1. The number of carbonyl (C=O) groups is 1. The summed E-state index contributed by atoms with van der Waals surface area (Å²) >= 11 is 1.56. The number of hydrogen-bond donors (Lipinski definition) is 2. The van der Waals surface area contributed by atoms with Crippen LogP contribution in [0.5, 0.6) is 0 Å². The van der Waals surface area contributed by atoms with Crippen LogP contribution in [0, 0.1) is 11.8 Å². The van der Waals surface area contributed by atoms with Crippen molar-refractivity contribution < 1.29 is 4.79 Å². The fourth-order valence-electron chi connectivity index (χ4n) is 1.49. The summed E-state index contributed by atoms with van der Waals surface area (Å²) in [5, 5.41) is 4.80. The van der Waals surface area contributed by atoms with Gasteiger partial charge in [0.25, 0.3) is 5.91 Å². The lowest BCUT2D eigenvalue weighted by molar-refractivity contribution is 0.0951. The maximum absolute atomic E-state index is 11.9. The molecule has 3 N–H and O–H groups in total. The number of rotatable bonds is 3. The number of nitrogens with one attached hydrogen (secondary N) is 1. The van der Waals surface area contributed by atoms with Crippen molar-refractivity contribution in [2.75, 3.05) is 6.54 Å². The first-order valence-electron chi connectivity index (χ1n) is 5.75. The Morgan fingerprint density at radius 3 is 3.11 bits per heavy atom. The minimum atomic E-state index is -0.140. The molecule has 4 nitrogen and oxygen atoms in total. The average Bonchev–Trinajstić information content (AvgIpc) is 2.91. The van der Waals surface area contributed by atoms with Gasteiger partial charge in [0.2, 0.25) is 0 Å². The third kappa shape index (κ3) is 3.65. The van der Waals surface area contributed by atoms with Crippen molar-refractivity contribution in [3.8, 4) is 11.8 Å². The van der Waals surface area contributed by atoms with E-state index < -0.39 is 0 Å². The van der Waals surface area contributed by atoms with Gasteiger partial charge in [-0.15, -0.1) is 11.3 Å². The van der Waals surface area contributed by atoms with Crippen LogP contribution in [0.15, 0.2) is 36.0 Å². The number of nitrogens with zero attached hydrogens (tertiary/aromatic N) is 1. The first-order valence-corrected chi connectivity index (χ1v) is 6.62. The van der Waals surface area contributed by atoms with E-state index in [0.717, 1.165) is 10.4 Å². The molecule has 2 aromatic heterocycles. The van der Waals surface area contributed by atoms with E-state index in [1.807, 2.05) is 11.4 Å². The zero-order valence-electron chi connectivity index (χ0n) is 10.2. The molecule has 2 rings (SSSR count). The van der Waals surface area contributed by atoms with Gasteiger partial charge in [-0.05, 0) is 23.6 Å². The molecule has 96 valence electrons. The van der Waals surface area contributed by atoms with Crippen molar-refractivity contribution in [3.63, 3.8) is 0 Å². The standard InChI is InChI=1S/C14H13N3OS/c15-6-1-3-11-5-8-19-13(11)10-17-14(18)12-4-2-7-16-9-12/h2,4-5,7-9H,6,10,15H2,(H,17,18). The van der Waals surface area contributed by atoms with Crippen LogP contribution < -0.4 is 11.1 Å². The number of aromatic nitrogens is 1. The Labute approximate surface area is 115 Å². The highest BCUT2D eigenvalue weighted by Gasteiger charge is 2.07. The largest absolute Gasteiger partial charge is 0.347 e. The molecule has 19 heavy (non-hydrogen) atoms. The predicted octanol–water partition coefficient (Wildman–Crippen LogP) is 1.38. The maximum atomic E-state index is 11.9. The van der Waals surface area contributed by atoms with E-state index in [1.165, 1.54) is 0 Å². The molecule has 0 aliphatic heterocycles. The lowest BCUT2D eigenvalue weighted by Gasteiger charge is -2.03. The molecule has 0 unspecified atom stereocenters. The van der Waals surface area contributed by atoms with Crippen molar-refractivity contribution in [1.29, 1.82) is 0 Å². The van der Waals surface area contributed by atoms with E-state index >= 15 is 0 Å². The molecule has 0 bridgehead atoms. The molecule has 0 radical (unpaired) electrons. The molecule has 0 aliphatic carbocycles. The molecule has 2 heterocycles. The highest BCUT2D eigenvalue weighted by atomic mass is 32.1. The van der Waals surface area contributed by atoms with Crippen LogP contribution in [0.4, 0.5) is 0 Å². The lowest BCUT2D eigenvalue weighted by atomic mass is 10.2. The minimum absolute atomic E-state index is 0.140. The average molecular weight is 271 g/mol. The van der Waals surface area contributed by atoms with Crippen molar-refractivity contribution in [2.24, 2.45) is 5.73 Å². The van der Waals surface area contributed by atoms with Crippen LogP contribution in [0.3, 0.4) is 0 Å². The lowest BCUT2D eigenvalue weighted by Crippen LogP contribution is -2.22. The predicted molar refractivity (Wildman–Crippen MR) is 75.7 cm³/mol. The van der Waals surface area contributed by atoms with Crippen LogP contribution in [0.25, 0.3) is 0 Å². The normalized spacial score (nSPS) is 9.53. The molecule has 0 aromatic carbocycles. The Morgan fingerprint density at radius 2 is 2.37 bits per heavy atom. The van der Waals surface area contributed by atoms with Crippen molar-refractivity contribution >= 4 is 17.2 Å². The molecule has 0 saturated carbocycles. The van der Waals surface area contributed by atoms with Gasteiger partial charge in [-0.25, -0.2) is 0 Å². The molecular formula is C14H13N3OS. The molecule has 0 spiro atoms. The maximum Gasteiger partial charge on any atom is 0.253 e. The number of nitrogens with two attached hydrogens (primary N) is 1.